The Morgan fingerprint density at radius 3 is 2.84 bits per heavy atom. The Balaban J connectivity index is 2.53. The highest BCUT2D eigenvalue weighted by molar-refractivity contribution is 5.94. The Bertz CT molecular complexity index is 757. The zero-order valence-corrected chi connectivity index (χ0v) is 11.4. The average molecular weight is 255 g/mol. The summed E-state index contributed by atoms with van der Waals surface area (Å²) in [5, 5.41) is 9.25. The van der Waals surface area contributed by atoms with Gasteiger partial charge in [0.1, 0.15) is 12.2 Å². The Kier molecular flexibility index (Phi) is 2.71. The van der Waals surface area contributed by atoms with Crippen molar-refractivity contribution in [1.82, 2.24) is 19.6 Å². The minimum atomic E-state index is -0.0509. The van der Waals surface area contributed by atoms with E-state index < -0.39 is 0 Å². The van der Waals surface area contributed by atoms with Gasteiger partial charge in [-0.05, 0) is 31.0 Å². The number of rotatable bonds is 2. The normalized spacial score (nSPS) is 13.3. The molecule has 0 fully saturated rings. The van der Waals surface area contributed by atoms with Gasteiger partial charge in [0.15, 0.2) is 5.65 Å². The van der Waals surface area contributed by atoms with Crippen LogP contribution in [0.2, 0.25) is 0 Å². The maximum absolute atomic E-state index is 6.08. The maximum Gasteiger partial charge on any atom is 0.171 e. The van der Waals surface area contributed by atoms with Gasteiger partial charge in [0.25, 0.3) is 0 Å². The first kappa shape index (κ1) is 12.0. The molecule has 0 aliphatic rings. The van der Waals surface area contributed by atoms with Crippen molar-refractivity contribution < 1.29 is 0 Å². The average Bonchev–Trinajstić information content (AvgIpc) is 2.86. The molecule has 0 bridgehead atoms. The number of aromatic nitrogens is 4. The molecule has 3 aromatic rings. The van der Waals surface area contributed by atoms with Gasteiger partial charge in [-0.15, -0.1) is 10.2 Å². The van der Waals surface area contributed by atoms with Gasteiger partial charge in [-0.3, -0.25) is 4.40 Å². The highest BCUT2D eigenvalue weighted by Crippen LogP contribution is 2.26. The maximum atomic E-state index is 6.08. The number of hydrogen-bond donors (Lipinski definition) is 1. The molecule has 0 aliphatic carbocycles. The first-order chi connectivity index (χ1) is 9.11. The lowest BCUT2D eigenvalue weighted by molar-refractivity contribution is 0.818. The van der Waals surface area contributed by atoms with Crippen LogP contribution in [0.5, 0.6) is 0 Å². The van der Waals surface area contributed by atoms with Crippen LogP contribution in [-0.2, 0) is 6.42 Å². The summed E-state index contributed by atoms with van der Waals surface area (Å²) in [4.78, 5) is 4.76. The van der Waals surface area contributed by atoms with Crippen molar-refractivity contribution in [2.45, 2.75) is 33.2 Å². The van der Waals surface area contributed by atoms with E-state index in [1.165, 1.54) is 0 Å². The van der Waals surface area contributed by atoms with Crippen molar-refractivity contribution in [3.8, 4) is 0 Å². The van der Waals surface area contributed by atoms with Gasteiger partial charge in [0.05, 0.1) is 5.52 Å². The standard InChI is InChI=1S/C14H17N5/c1-4-12-17-13-10(9(3)15)5-8(2)6-11(13)14-18-16-7-19(12)14/h5-7,9H,4,15H2,1-3H3. The van der Waals surface area contributed by atoms with Crippen LogP contribution in [0, 0.1) is 6.92 Å². The van der Waals surface area contributed by atoms with Crippen molar-refractivity contribution in [3.63, 3.8) is 0 Å². The van der Waals surface area contributed by atoms with Gasteiger partial charge in [-0.2, -0.15) is 0 Å². The monoisotopic (exact) mass is 255 g/mol. The Morgan fingerprint density at radius 2 is 2.16 bits per heavy atom. The molecule has 1 aromatic carbocycles. The topological polar surface area (TPSA) is 69.1 Å². The number of aryl methyl sites for hydroxylation is 2. The van der Waals surface area contributed by atoms with Crippen LogP contribution >= 0.6 is 0 Å². The molecule has 0 saturated carbocycles. The van der Waals surface area contributed by atoms with Gasteiger partial charge in [0, 0.05) is 17.8 Å². The highest BCUT2D eigenvalue weighted by Gasteiger charge is 2.14. The number of fused-ring (bicyclic) bond motifs is 3. The Morgan fingerprint density at radius 1 is 1.37 bits per heavy atom. The van der Waals surface area contributed by atoms with Crippen LogP contribution in [0.3, 0.4) is 0 Å². The van der Waals surface area contributed by atoms with Crippen LogP contribution in [-0.4, -0.2) is 19.6 Å². The van der Waals surface area contributed by atoms with Gasteiger partial charge >= 0.3 is 0 Å². The molecule has 0 aliphatic heterocycles. The first-order valence-corrected chi connectivity index (χ1v) is 6.50. The molecule has 98 valence electrons. The molecule has 1 atom stereocenters. The van der Waals surface area contributed by atoms with Gasteiger partial charge in [0.2, 0.25) is 0 Å². The molecular formula is C14H17N5. The molecule has 5 heteroatoms. The third-order valence-corrected chi connectivity index (χ3v) is 3.40. The number of nitrogens with two attached hydrogens (primary N) is 1. The second-order valence-corrected chi connectivity index (χ2v) is 4.95. The van der Waals surface area contributed by atoms with E-state index in [0.717, 1.165) is 39.9 Å². The fourth-order valence-electron chi connectivity index (χ4n) is 2.49. The summed E-state index contributed by atoms with van der Waals surface area (Å²) in [7, 11) is 0. The summed E-state index contributed by atoms with van der Waals surface area (Å²) in [6, 6.07) is 4.15. The van der Waals surface area contributed by atoms with E-state index in [0.29, 0.717) is 0 Å². The van der Waals surface area contributed by atoms with E-state index in [9.17, 15) is 0 Å². The van der Waals surface area contributed by atoms with E-state index in [4.69, 9.17) is 10.7 Å². The van der Waals surface area contributed by atoms with Crippen LogP contribution < -0.4 is 5.73 Å². The van der Waals surface area contributed by atoms with Crippen LogP contribution in [0.4, 0.5) is 0 Å². The number of hydrogen-bond acceptors (Lipinski definition) is 4. The van der Waals surface area contributed by atoms with Gasteiger partial charge in [-0.1, -0.05) is 13.0 Å². The minimum absolute atomic E-state index is 0.0509. The molecule has 0 saturated heterocycles. The van der Waals surface area contributed by atoms with E-state index in [1.807, 2.05) is 11.3 Å². The predicted molar refractivity (Wildman–Crippen MR) is 75.0 cm³/mol. The summed E-state index contributed by atoms with van der Waals surface area (Å²) < 4.78 is 1.95. The Labute approximate surface area is 111 Å². The fourth-order valence-corrected chi connectivity index (χ4v) is 2.49. The second-order valence-electron chi connectivity index (χ2n) is 4.95. The molecule has 19 heavy (non-hydrogen) atoms. The summed E-state index contributed by atoms with van der Waals surface area (Å²) >= 11 is 0. The lowest BCUT2D eigenvalue weighted by Gasteiger charge is -2.13. The highest BCUT2D eigenvalue weighted by atomic mass is 15.2. The summed E-state index contributed by atoms with van der Waals surface area (Å²) in [6.07, 6.45) is 2.55. The van der Waals surface area contributed by atoms with E-state index >= 15 is 0 Å². The second kappa shape index (κ2) is 4.28. The zero-order chi connectivity index (χ0) is 13.6. The summed E-state index contributed by atoms with van der Waals surface area (Å²) in [5.41, 5.74) is 10.1. The van der Waals surface area contributed by atoms with E-state index in [-0.39, 0.29) is 6.04 Å². The number of nitrogens with zero attached hydrogens (tertiary/aromatic N) is 4. The van der Waals surface area contributed by atoms with Crippen LogP contribution in [0.25, 0.3) is 16.6 Å². The molecule has 3 rings (SSSR count). The smallest absolute Gasteiger partial charge is 0.171 e. The molecule has 2 heterocycles. The van der Waals surface area contributed by atoms with E-state index in [2.05, 4.69) is 36.2 Å². The van der Waals surface area contributed by atoms with Gasteiger partial charge in [-0.25, -0.2) is 4.98 Å². The lowest BCUT2D eigenvalue weighted by Crippen LogP contribution is -2.09. The van der Waals surface area contributed by atoms with Crippen molar-refractivity contribution in [1.29, 1.82) is 0 Å². The van der Waals surface area contributed by atoms with Crippen molar-refractivity contribution in [2.75, 3.05) is 0 Å². The predicted octanol–water partition coefficient (Wildman–Crippen LogP) is 2.17. The van der Waals surface area contributed by atoms with Crippen molar-refractivity contribution >= 4 is 16.6 Å². The van der Waals surface area contributed by atoms with Crippen molar-refractivity contribution in [2.24, 2.45) is 5.73 Å². The molecule has 0 amide bonds. The van der Waals surface area contributed by atoms with Crippen LogP contribution in [0.1, 0.15) is 36.8 Å². The first-order valence-electron chi connectivity index (χ1n) is 6.50. The third-order valence-electron chi connectivity index (χ3n) is 3.40. The molecular weight excluding hydrogens is 238 g/mol. The number of benzene rings is 1. The molecule has 0 radical (unpaired) electrons. The van der Waals surface area contributed by atoms with Crippen LogP contribution in [0.15, 0.2) is 18.5 Å². The minimum Gasteiger partial charge on any atom is -0.324 e. The summed E-state index contributed by atoms with van der Waals surface area (Å²) in [6.45, 7) is 6.12. The largest absolute Gasteiger partial charge is 0.324 e. The molecule has 0 spiro atoms. The molecule has 2 aromatic heterocycles. The van der Waals surface area contributed by atoms with Gasteiger partial charge < -0.3 is 5.73 Å². The quantitative estimate of drug-likeness (QED) is 0.762. The molecule has 5 nitrogen and oxygen atoms in total. The lowest BCUT2D eigenvalue weighted by atomic mass is 10.0. The SMILES string of the molecule is CCc1nc2c(C(C)N)cc(C)cc2c2nncn12. The third kappa shape index (κ3) is 1.77. The molecule has 2 N–H and O–H groups in total. The zero-order valence-electron chi connectivity index (χ0n) is 11.4. The fraction of sp³-hybridized carbons (Fsp3) is 0.357. The van der Waals surface area contributed by atoms with E-state index in [1.54, 1.807) is 6.33 Å². The molecule has 1 unspecified atom stereocenters. The van der Waals surface area contributed by atoms with Crippen molar-refractivity contribution in [3.05, 3.63) is 35.4 Å². The Hall–Kier alpha value is -2.01. The summed E-state index contributed by atoms with van der Waals surface area (Å²) in [5.74, 6) is 0.957.